The molecule has 1 aromatic rings. The summed E-state index contributed by atoms with van der Waals surface area (Å²) in [5, 5.41) is 5.08. The predicted octanol–water partition coefficient (Wildman–Crippen LogP) is 4.67. The number of hydrogen-bond donors (Lipinski definition) is 1. The lowest BCUT2D eigenvalue weighted by atomic mass is 9.50. The Morgan fingerprint density at radius 3 is 2.43 bits per heavy atom. The van der Waals surface area contributed by atoms with E-state index in [1.165, 1.54) is 54.8 Å². The average molecular weight is 305 g/mol. The van der Waals surface area contributed by atoms with E-state index in [1.54, 1.807) is 0 Å². The first-order valence-corrected chi connectivity index (χ1v) is 9.70. The molecule has 2 nitrogen and oxygen atoms in total. The van der Waals surface area contributed by atoms with E-state index < -0.39 is 0 Å². The highest BCUT2D eigenvalue weighted by Crippen LogP contribution is 2.61. The second-order valence-electron chi connectivity index (χ2n) is 7.94. The topological polar surface area (TPSA) is 24.9 Å². The molecule has 4 saturated carbocycles. The zero-order valence-corrected chi connectivity index (χ0v) is 14.2. The van der Waals surface area contributed by atoms with Gasteiger partial charge in [-0.05, 0) is 76.2 Å². The Labute approximate surface area is 132 Å². The van der Waals surface area contributed by atoms with E-state index in [4.69, 9.17) is 4.98 Å². The predicted molar refractivity (Wildman–Crippen MR) is 88.7 cm³/mol. The Balaban J connectivity index is 1.55. The summed E-state index contributed by atoms with van der Waals surface area (Å²) in [6.45, 7) is 5.62. The Hall–Kier alpha value is -0.410. The Bertz CT molecular complexity index is 472. The number of nitrogens with zero attached hydrogens (tertiary/aromatic N) is 1. The van der Waals surface area contributed by atoms with Gasteiger partial charge in [0.1, 0.15) is 0 Å². The summed E-state index contributed by atoms with van der Waals surface area (Å²) in [7, 11) is 0. The van der Waals surface area contributed by atoms with Gasteiger partial charge in [0.25, 0.3) is 0 Å². The molecule has 3 heteroatoms. The van der Waals surface area contributed by atoms with Crippen molar-refractivity contribution in [2.45, 2.75) is 70.3 Å². The van der Waals surface area contributed by atoms with E-state index in [1.807, 2.05) is 11.3 Å². The van der Waals surface area contributed by atoms with Crippen LogP contribution >= 0.6 is 11.3 Å². The van der Waals surface area contributed by atoms with Crippen LogP contribution in [0.2, 0.25) is 0 Å². The lowest BCUT2D eigenvalue weighted by Crippen LogP contribution is -2.48. The van der Waals surface area contributed by atoms with Crippen molar-refractivity contribution in [3.05, 3.63) is 16.1 Å². The molecular formula is C18H28N2S. The van der Waals surface area contributed by atoms with Gasteiger partial charge in [-0.2, -0.15) is 0 Å². The number of hydrogen-bond acceptors (Lipinski definition) is 3. The van der Waals surface area contributed by atoms with Gasteiger partial charge >= 0.3 is 0 Å². The fourth-order valence-corrected chi connectivity index (χ4v) is 6.73. The molecule has 1 aromatic heterocycles. The van der Waals surface area contributed by atoms with Crippen LogP contribution in [0.4, 0.5) is 0 Å². The molecule has 4 aliphatic carbocycles. The van der Waals surface area contributed by atoms with Gasteiger partial charge in [-0.3, -0.25) is 0 Å². The van der Waals surface area contributed by atoms with E-state index in [0.717, 1.165) is 24.3 Å². The lowest BCUT2D eigenvalue weighted by Gasteiger charge is -2.56. The molecule has 0 aromatic carbocycles. The minimum atomic E-state index is 0.463. The molecule has 4 aliphatic rings. The van der Waals surface area contributed by atoms with Crippen molar-refractivity contribution in [1.29, 1.82) is 0 Å². The van der Waals surface area contributed by atoms with E-state index >= 15 is 0 Å². The van der Waals surface area contributed by atoms with Crippen LogP contribution in [-0.4, -0.2) is 11.5 Å². The minimum Gasteiger partial charge on any atom is -0.309 e. The van der Waals surface area contributed by atoms with E-state index in [2.05, 4.69) is 25.4 Å². The third-order valence-electron chi connectivity index (χ3n) is 6.14. The van der Waals surface area contributed by atoms with Gasteiger partial charge in [-0.15, -0.1) is 11.3 Å². The van der Waals surface area contributed by atoms with Gasteiger partial charge in [0.05, 0.1) is 5.01 Å². The molecule has 0 spiro atoms. The molecule has 0 saturated heterocycles. The van der Waals surface area contributed by atoms with Crippen LogP contribution in [0, 0.1) is 17.8 Å². The Morgan fingerprint density at radius 2 is 1.86 bits per heavy atom. The smallest absolute Gasteiger partial charge is 0.0990 e. The molecule has 4 fully saturated rings. The molecule has 0 aliphatic heterocycles. The highest BCUT2D eigenvalue weighted by Gasteiger charge is 2.52. The van der Waals surface area contributed by atoms with Crippen molar-refractivity contribution in [2.75, 3.05) is 6.54 Å². The van der Waals surface area contributed by atoms with Crippen molar-refractivity contribution in [3.8, 4) is 0 Å². The highest BCUT2D eigenvalue weighted by molar-refractivity contribution is 7.11. The number of rotatable bonds is 5. The first-order valence-electron chi connectivity index (χ1n) is 8.88. The van der Waals surface area contributed by atoms with Crippen LogP contribution in [0.1, 0.15) is 74.7 Å². The molecule has 1 atom stereocenters. The summed E-state index contributed by atoms with van der Waals surface area (Å²) in [5.74, 6) is 3.04. The van der Waals surface area contributed by atoms with Crippen LogP contribution < -0.4 is 5.32 Å². The fraction of sp³-hybridized carbons (Fsp3) is 0.833. The average Bonchev–Trinajstić information content (AvgIpc) is 2.94. The zero-order valence-electron chi connectivity index (χ0n) is 13.4. The van der Waals surface area contributed by atoms with Crippen molar-refractivity contribution >= 4 is 11.3 Å². The van der Waals surface area contributed by atoms with Gasteiger partial charge in [0, 0.05) is 22.5 Å². The second-order valence-corrected chi connectivity index (χ2v) is 9.00. The van der Waals surface area contributed by atoms with Crippen molar-refractivity contribution < 1.29 is 0 Å². The summed E-state index contributed by atoms with van der Waals surface area (Å²) in [6.07, 6.45) is 12.2. The maximum absolute atomic E-state index is 4.91. The summed E-state index contributed by atoms with van der Waals surface area (Å²) >= 11 is 2.01. The highest BCUT2D eigenvalue weighted by atomic mass is 32.1. The van der Waals surface area contributed by atoms with Gasteiger partial charge in [-0.25, -0.2) is 4.98 Å². The van der Waals surface area contributed by atoms with Gasteiger partial charge in [-0.1, -0.05) is 6.92 Å². The summed E-state index contributed by atoms with van der Waals surface area (Å²) in [5.41, 5.74) is 0.474. The van der Waals surface area contributed by atoms with Gasteiger partial charge < -0.3 is 5.32 Å². The molecule has 21 heavy (non-hydrogen) atoms. The lowest BCUT2D eigenvalue weighted by molar-refractivity contribution is -0.00527. The summed E-state index contributed by atoms with van der Waals surface area (Å²) < 4.78 is 0. The first kappa shape index (κ1) is 14.2. The molecule has 116 valence electrons. The van der Waals surface area contributed by atoms with Crippen LogP contribution in [0.5, 0.6) is 0 Å². The first-order chi connectivity index (χ1) is 10.2. The van der Waals surface area contributed by atoms with E-state index in [-0.39, 0.29) is 0 Å². The maximum Gasteiger partial charge on any atom is 0.0990 e. The van der Waals surface area contributed by atoms with Crippen LogP contribution in [0.15, 0.2) is 6.20 Å². The molecule has 1 unspecified atom stereocenters. The molecule has 4 bridgehead atoms. The number of nitrogens with one attached hydrogen (secondary N) is 1. The third-order valence-corrected chi connectivity index (χ3v) is 7.57. The number of thiazole rings is 1. The van der Waals surface area contributed by atoms with E-state index in [0.29, 0.717) is 11.5 Å². The molecule has 0 radical (unpaired) electrons. The van der Waals surface area contributed by atoms with Crippen LogP contribution in [0.25, 0.3) is 0 Å². The monoisotopic (exact) mass is 304 g/mol. The summed E-state index contributed by atoms with van der Waals surface area (Å²) in [6, 6.07) is 0.463. The standard InChI is InChI=1S/C18H28N2S/c1-3-4-19-12(2)16-11-20-17(21-16)18-8-13-5-14(9-18)7-15(6-13)10-18/h11-15,19H,3-10H2,1-2H3. The van der Waals surface area contributed by atoms with E-state index in [9.17, 15) is 0 Å². The quantitative estimate of drug-likeness (QED) is 0.855. The fourth-order valence-electron chi connectivity index (χ4n) is 5.57. The molecule has 1 N–H and O–H groups in total. The Morgan fingerprint density at radius 1 is 1.24 bits per heavy atom. The Kier molecular flexibility index (Phi) is 3.61. The largest absolute Gasteiger partial charge is 0.309 e. The second kappa shape index (κ2) is 5.34. The van der Waals surface area contributed by atoms with Crippen molar-refractivity contribution in [3.63, 3.8) is 0 Å². The molecule has 5 rings (SSSR count). The summed E-state index contributed by atoms with van der Waals surface area (Å²) in [4.78, 5) is 6.35. The molecule has 1 heterocycles. The van der Waals surface area contributed by atoms with Crippen molar-refractivity contribution in [2.24, 2.45) is 17.8 Å². The van der Waals surface area contributed by atoms with Crippen molar-refractivity contribution in [1.82, 2.24) is 10.3 Å². The maximum atomic E-state index is 4.91. The normalized spacial score (nSPS) is 38.9. The zero-order chi connectivity index (χ0) is 14.4. The van der Waals surface area contributed by atoms with Gasteiger partial charge in [0.15, 0.2) is 0 Å². The van der Waals surface area contributed by atoms with Gasteiger partial charge in [0.2, 0.25) is 0 Å². The molecule has 0 amide bonds. The number of aromatic nitrogens is 1. The SMILES string of the molecule is CCCNC(C)c1cnc(C23CC4CC(CC(C4)C2)C3)s1. The minimum absolute atomic E-state index is 0.463. The van der Waals surface area contributed by atoms with Crippen LogP contribution in [0.3, 0.4) is 0 Å². The third kappa shape index (κ3) is 2.46. The molecular weight excluding hydrogens is 276 g/mol. The van der Waals surface area contributed by atoms with Crippen LogP contribution in [-0.2, 0) is 5.41 Å².